The van der Waals surface area contributed by atoms with E-state index in [9.17, 15) is 14.7 Å². The van der Waals surface area contributed by atoms with E-state index in [2.05, 4.69) is 18.9 Å². The highest BCUT2D eigenvalue weighted by molar-refractivity contribution is 5.86. The van der Waals surface area contributed by atoms with Crippen LogP contribution in [0.3, 0.4) is 0 Å². The van der Waals surface area contributed by atoms with E-state index in [4.69, 9.17) is 0 Å². The Hall–Kier alpha value is -1.89. The van der Waals surface area contributed by atoms with Crippen LogP contribution in [-0.4, -0.2) is 57.5 Å². The first kappa shape index (κ1) is 17.9. The Morgan fingerprint density at radius 3 is 2.68 bits per heavy atom. The highest BCUT2D eigenvalue weighted by atomic mass is 16.3. The van der Waals surface area contributed by atoms with Gasteiger partial charge in [0.1, 0.15) is 5.60 Å². The summed E-state index contributed by atoms with van der Waals surface area (Å²) < 4.78 is 1.49. The second-order valence-electron chi connectivity index (χ2n) is 7.63. The molecule has 2 heterocycles. The number of hydrogen-bond donors (Lipinski definition) is 1. The van der Waals surface area contributed by atoms with Gasteiger partial charge in [-0.05, 0) is 46.0 Å². The van der Waals surface area contributed by atoms with E-state index in [0.29, 0.717) is 25.9 Å². The molecule has 1 saturated heterocycles. The third-order valence-corrected chi connectivity index (χ3v) is 5.60. The van der Waals surface area contributed by atoms with Gasteiger partial charge in [0.25, 0.3) is 11.5 Å². The number of rotatable bonds is 4. The summed E-state index contributed by atoms with van der Waals surface area (Å²) in [5.41, 5.74) is -0.528. The van der Waals surface area contributed by atoms with Gasteiger partial charge in [0.2, 0.25) is 0 Å². The molecule has 1 aliphatic heterocycles. The minimum atomic E-state index is -1.18. The van der Waals surface area contributed by atoms with Gasteiger partial charge >= 0.3 is 0 Å². The van der Waals surface area contributed by atoms with Crippen LogP contribution in [0.5, 0.6) is 0 Å². The summed E-state index contributed by atoms with van der Waals surface area (Å²) in [5.74, 6) is -0.187. The van der Waals surface area contributed by atoms with Crippen LogP contribution in [0, 0.1) is 0 Å². The third-order valence-electron chi connectivity index (χ3n) is 5.60. The molecular weight excluding hydrogens is 320 g/mol. The van der Waals surface area contributed by atoms with Crippen molar-refractivity contribution in [3.8, 4) is 0 Å². The molecule has 7 heteroatoms. The summed E-state index contributed by atoms with van der Waals surface area (Å²) in [6.45, 7) is 5.19. The zero-order valence-corrected chi connectivity index (χ0v) is 15.3. The van der Waals surface area contributed by atoms with Crippen molar-refractivity contribution in [1.82, 2.24) is 14.7 Å². The molecule has 0 aromatic carbocycles. The first-order valence-corrected chi connectivity index (χ1v) is 9.15. The molecule has 3 rings (SSSR count). The average molecular weight is 348 g/mol. The lowest BCUT2D eigenvalue weighted by atomic mass is 9.79. The fraction of sp³-hybridized carbons (Fsp3) is 0.722. The number of amides is 1. The molecule has 7 nitrogen and oxygen atoms in total. The van der Waals surface area contributed by atoms with Crippen molar-refractivity contribution >= 4 is 11.6 Å². The van der Waals surface area contributed by atoms with E-state index in [1.165, 1.54) is 4.68 Å². The van der Waals surface area contributed by atoms with Crippen LogP contribution in [0.1, 0.15) is 52.0 Å². The van der Waals surface area contributed by atoms with E-state index >= 15 is 0 Å². The van der Waals surface area contributed by atoms with Gasteiger partial charge in [-0.1, -0.05) is 0 Å². The lowest BCUT2D eigenvalue weighted by Gasteiger charge is -2.42. The normalized spacial score (nSPS) is 22.6. The fourth-order valence-corrected chi connectivity index (χ4v) is 3.53. The Morgan fingerprint density at radius 2 is 2.12 bits per heavy atom. The molecule has 0 bridgehead atoms. The quantitative estimate of drug-likeness (QED) is 0.884. The summed E-state index contributed by atoms with van der Waals surface area (Å²) >= 11 is 0. The topological polar surface area (TPSA) is 78.7 Å². The minimum absolute atomic E-state index is 0.132. The summed E-state index contributed by atoms with van der Waals surface area (Å²) in [5, 5.41) is 14.7. The van der Waals surface area contributed by atoms with Crippen LogP contribution in [0.15, 0.2) is 17.1 Å². The number of hydrogen-bond acceptors (Lipinski definition) is 5. The smallest absolute Gasteiger partial charge is 0.269 e. The van der Waals surface area contributed by atoms with E-state index in [-0.39, 0.29) is 23.6 Å². The minimum Gasteiger partial charge on any atom is -0.380 e. The standard InChI is InChI=1S/C18H28N4O3/c1-13(2)20(3)15-10-16(23)22(19-11-15)14-6-4-9-21(12-14)17(24)18(25)7-5-8-18/h10-11,13-14,25H,4-9,12H2,1-3H3/t14-/m1/s1. The average Bonchev–Trinajstić information content (AvgIpc) is 2.58. The van der Waals surface area contributed by atoms with Crippen molar-refractivity contribution in [2.24, 2.45) is 0 Å². The molecule has 1 saturated carbocycles. The Morgan fingerprint density at radius 1 is 1.40 bits per heavy atom. The van der Waals surface area contributed by atoms with Gasteiger partial charge in [-0.25, -0.2) is 4.68 Å². The van der Waals surface area contributed by atoms with Crippen molar-refractivity contribution in [3.05, 3.63) is 22.6 Å². The molecule has 0 unspecified atom stereocenters. The molecular formula is C18H28N4O3. The van der Waals surface area contributed by atoms with E-state index in [0.717, 1.165) is 24.9 Å². The second-order valence-corrected chi connectivity index (χ2v) is 7.63. The van der Waals surface area contributed by atoms with E-state index < -0.39 is 5.60 Å². The molecule has 25 heavy (non-hydrogen) atoms. The van der Waals surface area contributed by atoms with Gasteiger partial charge in [0.05, 0.1) is 17.9 Å². The lowest BCUT2D eigenvalue weighted by molar-refractivity contribution is -0.162. The van der Waals surface area contributed by atoms with Crippen molar-refractivity contribution in [2.75, 3.05) is 25.0 Å². The highest BCUT2D eigenvalue weighted by Gasteiger charge is 2.45. The van der Waals surface area contributed by atoms with Crippen molar-refractivity contribution in [1.29, 1.82) is 0 Å². The first-order chi connectivity index (χ1) is 11.8. The monoisotopic (exact) mass is 348 g/mol. The number of nitrogens with zero attached hydrogens (tertiary/aromatic N) is 4. The maximum absolute atomic E-state index is 12.5. The zero-order valence-electron chi connectivity index (χ0n) is 15.3. The van der Waals surface area contributed by atoms with Crippen LogP contribution in [-0.2, 0) is 4.79 Å². The predicted octanol–water partition coefficient (Wildman–Crippen LogP) is 1.17. The predicted molar refractivity (Wildman–Crippen MR) is 95.7 cm³/mol. The maximum Gasteiger partial charge on any atom is 0.269 e. The van der Waals surface area contributed by atoms with Gasteiger partial charge in [-0.3, -0.25) is 9.59 Å². The van der Waals surface area contributed by atoms with E-state index in [1.807, 2.05) is 11.9 Å². The van der Waals surface area contributed by atoms with Gasteiger partial charge in [-0.2, -0.15) is 5.10 Å². The number of anilines is 1. The van der Waals surface area contributed by atoms with Gasteiger partial charge < -0.3 is 14.9 Å². The first-order valence-electron chi connectivity index (χ1n) is 9.15. The number of likely N-dealkylation sites (tertiary alicyclic amines) is 1. The second kappa shape index (κ2) is 6.78. The fourth-order valence-electron chi connectivity index (χ4n) is 3.53. The van der Waals surface area contributed by atoms with Gasteiger partial charge in [-0.15, -0.1) is 0 Å². The number of carbonyl (C=O) groups is 1. The van der Waals surface area contributed by atoms with Crippen LogP contribution in [0.25, 0.3) is 0 Å². The van der Waals surface area contributed by atoms with Crippen molar-refractivity contribution < 1.29 is 9.90 Å². The van der Waals surface area contributed by atoms with Gasteiger partial charge in [0, 0.05) is 32.2 Å². The Labute approximate surface area is 148 Å². The molecule has 0 spiro atoms. The number of piperidine rings is 1. The molecule has 2 fully saturated rings. The Bertz CT molecular complexity index is 696. The van der Waals surface area contributed by atoms with E-state index in [1.54, 1.807) is 17.2 Å². The Balaban J connectivity index is 1.75. The third kappa shape index (κ3) is 3.42. The molecule has 2 aliphatic rings. The van der Waals surface area contributed by atoms with Crippen LogP contribution >= 0.6 is 0 Å². The summed E-state index contributed by atoms with van der Waals surface area (Å²) in [4.78, 5) is 28.8. The zero-order chi connectivity index (χ0) is 18.2. The molecule has 0 radical (unpaired) electrons. The molecule has 1 amide bonds. The number of aromatic nitrogens is 2. The highest BCUT2D eigenvalue weighted by Crippen LogP contribution is 2.34. The molecule has 1 aromatic heterocycles. The summed E-state index contributed by atoms with van der Waals surface area (Å²) in [6.07, 6.45) is 5.32. The largest absolute Gasteiger partial charge is 0.380 e. The number of aliphatic hydroxyl groups is 1. The van der Waals surface area contributed by atoms with Crippen molar-refractivity contribution in [3.63, 3.8) is 0 Å². The molecule has 138 valence electrons. The summed E-state index contributed by atoms with van der Waals surface area (Å²) in [7, 11) is 1.94. The van der Waals surface area contributed by atoms with Crippen LogP contribution < -0.4 is 10.5 Å². The molecule has 1 aliphatic carbocycles. The SMILES string of the molecule is CC(C)N(C)c1cnn([C@@H]2CCCN(C(=O)C3(O)CCC3)C2)c(=O)c1. The number of carbonyl (C=O) groups excluding carboxylic acids is 1. The molecule has 1 N–H and O–H groups in total. The summed E-state index contributed by atoms with van der Waals surface area (Å²) in [6, 6.07) is 1.75. The van der Waals surface area contributed by atoms with Crippen LogP contribution in [0.2, 0.25) is 0 Å². The lowest BCUT2D eigenvalue weighted by Crippen LogP contribution is -2.56. The van der Waals surface area contributed by atoms with Crippen molar-refractivity contribution in [2.45, 2.75) is 63.6 Å². The van der Waals surface area contributed by atoms with Gasteiger partial charge in [0.15, 0.2) is 0 Å². The molecule has 1 atom stereocenters. The Kier molecular flexibility index (Phi) is 4.86. The maximum atomic E-state index is 12.5. The molecule has 1 aromatic rings. The van der Waals surface area contributed by atoms with Crippen LogP contribution in [0.4, 0.5) is 5.69 Å².